The summed E-state index contributed by atoms with van der Waals surface area (Å²) in [5.74, 6) is -0.403. The van der Waals surface area contributed by atoms with E-state index in [1.165, 1.54) is 6.92 Å². The van der Waals surface area contributed by atoms with Crippen LogP contribution in [0.1, 0.15) is 27.9 Å². The molecule has 3 rings (SSSR count). The Hall–Kier alpha value is -2.99. The van der Waals surface area contributed by atoms with Gasteiger partial charge < -0.3 is 10.6 Å². The lowest BCUT2D eigenvalue weighted by Crippen LogP contribution is -2.13. The van der Waals surface area contributed by atoms with Crippen LogP contribution in [-0.4, -0.2) is 16.8 Å². The Kier molecular flexibility index (Phi) is 5.14. The standard InChI is InChI=1S/C20H19N3O2S/c1-12-7-8-16(10-18(12)21-13(2)24)20(25)23-17-6-4-5-15(9-17)19-11-26-14(3)22-19/h4-11H,1-3H3,(H,21,24)(H,23,25). The van der Waals surface area contributed by atoms with Crippen LogP contribution in [0.2, 0.25) is 0 Å². The number of nitrogens with zero attached hydrogens (tertiary/aromatic N) is 1. The Labute approximate surface area is 156 Å². The van der Waals surface area contributed by atoms with Crippen molar-refractivity contribution in [1.29, 1.82) is 0 Å². The third-order valence-electron chi connectivity index (χ3n) is 3.85. The maximum Gasteiger partial charge on any atom is 0.255 e. The topological polar surface area (TPSA) is 71.1 Å². The van der Waals surface area contributed by atoms with E-state index in [-0.39, 0.29) is 11.8 Å². The summed E-state index contributed by atoms with van der Waals surface area (Å²) in [5, 5.41) is 8.63. The molecule has 1 aromatic heterocycles. The fraction of sp³-hybridized carbons (Fsp3) is 0.150. The molecule has 2 aromatic carbocycles. The molecular formula is C20H19N3O2S. The first-order valence-corrected chi connectivity index (χ1v) is 9.02. The second-order valence-electron chi connectivity index (χ2n) is 6.00. The summed E-state index contributed by atoms with van der Waals surface area (Å²) >= 11 is 1.59. The Balaban J connectivity index is 1.81. The minimum absolute atomic E-state index is 0.170. The number of benzene rings is 2. The van der Waals surface area contributed by atoms with E-state index in [4.69, 9.17) is 0 Å². The molecule has 1 heterocycles. The molecule has 0 unspecified atom stereocenters. The number of hydrogen-bond acceptors (Lipinski definition) is 4. The molecule has 5 nitrogen and oxygen atoms in total. The van der Waals surface area contributed by atoms with Crippen molar-refractivity contribution in [2.24, 2.45) is 0 Å². The van der Waals surface area contributed by atoms with Crippen LogP contribution in [0.15, 0.2) is 47.8 Å². The Bertz CT molecular complexity index is 979. The van der Waals surface area contributed by atoms with Crippen LogP contribution < -0.4 is 10.6 Å². The predicted octanol–water partition coefficient (Wildman–Crippen LogP) is 4.64. The Morgan fingerprint density at radius 3 is 2.54 bits per heavy atom. The molecule has 2 amide bonds. The fourth-order valence-electron chi connectivity index (χ4n) is 2.54. The zero-order valence-corrected chi connectivity index (χ0v) is 15.6. The maximum absolute atomic E-state index is 12.6. The molecular weight excluding hydrogens is 346 g/mol. The largest absolute Gasteiger partial charge is 0.326 e. The minimum Gasteiger partial charge on any atom is -0.326 e. The van der Waals surface area contributed by atoms with Crippen LogP contribution in [0, 0.1) is 13.8 Å². The first-order valence-electron chi connectivity index (χ1n) is 8.14. The molecule has 0 bridgehead atoms. The number of aryl methyl sites for hydroxylation is 2. The van der Waals surface area contributed by atoms with Crippen molar-refractivity contribution >= 4 is 34.5 Å². The van der Waals surface area contributed by atoms with E-state index in [1.807, 2.05) is 49.6 Å². The molecule has 26 heavy (non-hydrogen) atoms. The minimum atomic E-state index is -0.233. The van der Waals surface area contributed by atoms with Crippen molar-refractivity contribution in [1.82, 2.24) is 4.98 Å². The lowest BCUT2D eigenvalue weighted by Gasteiger charge is -2.10. The number of hydrogen-bond donors (Lipinski definition) is 2. The normalized spacial score (nSPS) is 10.4. The zero-order chi connectivity index (χ0) is 18.7. The van der Waals surface area contributed by atoms with Gasteiger partial charge in [-0.15, -0.1) is 11.3 Å². The van der Waals surface area contributed by atoms with Gasteiger partial charge in [-0.25, -0.2) is 4.98 Å². The average Bonchev–Trinajstić information content (AvgIpc) is 3.03. The molecule has 0 saturated heterocycles. The van der Waals surface area contributed by atoms with E-state index >= 15 is 0 Å². The van der Waals surface area contributed by atoms with Crippen LogP contribution in [-0.2, 0) is 4.79 Å². The molecule has 0 aliphatic carbocycles. The van der Waals surface area contributed by atoms with Gasteiger partial charge in [0.15, 0.2) is 0 Å². The van der Waals surface area contributed by atoms with E-state index in [9.17, 15) is 9.59 Å². The number of nitrogens with one attached hydrogen (secondary N) is 2. The first kappa shape index (κ1) is 17.8. The van der Waals surface area contributed by atoms with Gasteiger partial charge >= 0.3 is 0 Å². The molecule has 0 spiro atoms. The molecule has 2 N–H and O–H groups in total. The van der Waals surface area contributed by atoms with Crippen LogP contribution in [0.5, 0.6) is 0 Å². The van der Waals surface area contributed by atoms with Crippen molar-refractivity contribution in [2.45, 2.75) is 20.8 Å². The lowest BCUT2D eigenvalue weighted by molar-refractivity contribution is -0.114. The van der Waals surface area contributed by atoms with Crippen molar-refractivity contribution in [2.75, 3.05) is 10.6 Å². The molecule has 0 aliphatic heterocycles. The number of carbonyl (C=O) groups excluding carboxylic acids is 2. The molecule has 132 valence electrons. The third kappa shape index (κ3) is 4.15. The van der Waals surface area contributed by atoms with E-state index < -0.39 is 0 Å². The average molecular weight is 365 g/mol. The van der Waals surface area contributed by atoms with Crippen molar-refractivity contribution in [3.63, 3.8) is 0 Å². The van der Waals surface area contributed by atoms with Gasteiger partial charge in [0.1, 0.15) is 0 Å². The van der Waals surface area contributed by atoms with E-state index in [1.54, 1.807) is 23.5 Å². The molecule has 0 atom stereocenters. The molecule has 0 aliphatic rings. The van der Waals surface area contributed by atoms with E-state index in [2.05, 4.69) is 15.6 Å². The highest BCUT2D eigenvalue weighted by molar-refractivity contribution is 7.09. The van der Waals surface area contributed by atoms with Gasteiger partial charge in [-0.05, 0) is 43.7 Å². The molecule has 3 aromatic rings. The third-order valence-corrected chi connectivity index (χ3v) is 4.62. The Morgan fingerprint density at radius 2 is 1.85 bits per heavy atom. The number of rotatable bonds is 4. The SMILES string of the molecule is CC(=O)Nc1cc(C(=O)Nc2cccc(-c3csc(C)n3)c2)ccc1C. The number of thiazole rings is 1. The lowest BCUT2D eigenvalue weighted by atomic mass is 10.1. The summed E-state index contributed by atoms with van der Waals surface area (Å²) in [6.07, 6.45) is 0. The number of anilines is 2. The summed E-state index contributed by atoms with van der Waals surface area (Å²) in [6.45, 7) is 5.29. The fourth-order valence-corrected chi connectivity index (χ4v) is 3.17. The van der Waals surface area contributed by atoms with Crippen molar-refractivity contribution in [3.8, 4) is 11.3 Å². The second-order valence-corrected chi connectivity index (χ2v) is 7.06. The smallest absolute Gasteiger partial charge is 0.255 e. The highest BCUT2D eigenvalue weighted by Crippen LogP contribution is 2.25. The molecule has 0 saturated carbocycles. The zero-order valence-electron chi connectivity index (χ0n) is 14.8. The van der Waals surface area contributed by atoms with Gasteiger partial charge in [-0.3, -0.25) is 9.59 Å². The number of amides is 2. The second kappa shape index (κ2) is 7.49. The number of aromatic nitrogens is 1. The Morgan fingerprint density at radius 1 is 1.04 bits per heavy atom. The summed E-state index contributed by atoms with van der Waals surface area (Å²) in [5.41, 5.74) is 4.56. The van der Waals surface area contributed by atoms with Gasteiger partial charge in [0, 0.05) is 34.8 Å². The highest BCUT2D eigenvalue weighted by Gasteiger charge is 2.10. The van der Waals surface area contributed by atoms with E-state index in [0.717, 1.165) is 21.8 Å². The summed E-state index contributed by atoms with van der Waals surface area (Å²) in [7, 11) is 0. The maximum atomic E-state index is 12.6. The molecule has 6 heteroatoms. The molecule has 0 fully saturated rings. The van der Waals surface area contributed by atoms with Crippen LogP contribution in [0.25, 0.3) is 11.3 Å². The van der Waals surface area contributed by atoms with Crippen molar-refractivity contribution in [3.05, 3.63) is 64.0 Å². The highest BCUT2D eigenvalue weighted by atomic mass is 32.1. The summed E-state index contributed by atoms with van der Waals surface area (Å²) < 4.78 is 0. The van der Waals surface area contributed by atoms with Gasteiger partial charge in [-0.1, -0.05) is 18.2 Å². The van der Waals surface area contributed by atoms with Crippen LogP contribution in [0.3, 0.4) is 0 Å². The quantitative estimate of drug-likeness (QED) is 0.708. The van der Waals surface area contributed by atoms with Gasteiger partial charge in [-0.2, -0.15) is 0 Å². The van der Waals surface area contributed by atoms with Crippen LogP contribution >= 0.6 is 11.3 Å². The van der Waals surface area contributed by atoms with E-state index in [0.29, 0.717) is 16.9 Å². The van der Waals surface area contributed by atoms with Gasteiger partial charge in [0.2, 0.25) is 5.91 Å². The first-order chi connectivity index (χ1) is 12.4. The predicted molar refractivity (Wildman–Crippen MR) is 106 cm³/mol. The van der Waals surface area contributed by atoms with Crippen LogP contribution in [0.4, 0.5) is 11.4 Å². The van der Waals surface area contributed by atoms with Crippen molar-refractivity contribution < 1.29 is 9.59 Å². The van der Waals surface area contributed by atoms with Gasteiger partial charge in [0.05, 0.1) is 10.7 Å². The summed E-state index contributed by atoms with van der Waals surface area (Å²) in [4.78, 5) is 28.3. The molecule has 0 radical (unpaired) electrons. The summed E-state index contributed by atoms with van der Waals surface area (Å²) in [6, 6.07) is 12.8. The number of carbonyl (C=O) groups is 2. The van der Waals surface area contributed by atoms with Gasteiger partial charge in [0.25, 0.3) is 5.91 Å². The monoisotopic (exact) mass is 365 g/mol.